The van der Waals surface area contributed by atoms with Crippen molar-refractivity contribution >= 4 is 50.5 Å². The molecule has 156 valence electrons. The van der Waals surface area contributed by atoms with Crippen LogP contribution in [0.1, 0.15) is 31.7 Å². The number of halogens is 1. The van der Waals surface area contributed by atoms with Crippen LogP contribution >= 0.6 is 23.8 Å². The average molecular weight is 455 g/mol. The molecule has 6 nitrogen and oxygen atoms in total. The quantitative estimate of drug-likeness (QED) is 0.464. The van der Waals surface area contributed by atoms with Crippen LogP contribution in [0.4, 0.5) is 5.69 Å². The van der Waals surface area contributed by atoms with Gasteiger partial charge in [-0.2, -0.15) is 0 Å². The van der Waals surface area contributed by atoms with Crippen LogP contribution in [-0.2, 0) is 21.2 Å². The van der Waals surface area contributed by atoms with Gasteiger partial charge in [0.25, 0.3) is 0 Å². The predicted octanol–water partition coefficient (Wildman–Crippen LogP) is 4.24. The number of sulfonamides is 1. The summed E-state index contributed by atoms with van der Waals surface area (Å²) in [6.45, 7) is 1.95. The van der Waals surface area contributed by atoms with Crippen LogP contribution in [0.3, 0.4) is 0 Å². The molecule has 2 aromatic rings. The molecule has 2 rings (SSSR count). The molecule has 0 aliphatic rings. The number of carbonyl (C=O) groups is 1. The fourth-order valence-corrected chi connectivity index (χ4v) is 4.37. The number of anilines is 1. The minimum atomic E-state index is -3.75. The maximum Gasteiger partial charge on any atom is 0.303 e. The van der Waals surface area contributed by atoms with Crippen LogP contribution in [0, 0.1) is 0 Å². The predicted molar refractivity (Wildman–Crippen MR) is 119 cm³/mol. The normalized spacial score (nSPS) is 12.3. The molecule has 0 aliphatic heterocycles. The molecule has 9 heteroatoms. The van der Waals surface area contributed by atoms with Crippen molar-refractivity contribution in [2.45, 2.75) is 43.5 Å². The minimum Gasteiger partial charge on any atom is -0.481 e. The lowest BCUT2D eigenvalue weighted by Crippen LogP contribution is -2.42. The SMILES string of the molecule is CCC[C@H](NS(=O)(=O)c1ccc(Cl)cc1)C(=S)Nc1ccc(CCC(=O)O)cc1. The van der Waals surface area contributed by atoms with Gasteiger partial charge in [0.2, 0.25) is 10.0 Å². The smallest absolute Gasteiger partial charge is 0.303 e. The van der Waals surface area contributed by atoms with E-state index in [9.17, 15) is 13.2 Å². The van der Waals surface area contributed by atoms with Gasteiger partial charge in [-0.15, -0.1) is 0 Å². The van der Waals surface area contributed by atoms with Crippen LogP contribution in [0.5, 0.6) is 0 Å². The molecule has 0 fully saturated rings. The van der Waals surface area contributed by atoms with Crippen molar-refractivity contribution in [1.29, 1.82) is 0 Å². The highest BCUT2D eigenvalue weighted by Crippen LogP contribution is 2.17. The Hall–Kier alpha value is -2.00. The monoisotopic (exact) mass is 454 g/mol. The third kappa shape index (κ3) is 7.40. The Kier molecular flexibility index (Phi) is 8.58. The zero-order chi connectivity index (χ0) is 21.4. The molecule has 0 aromatic heterocycles. The van der Waals surface area contributed by atoms with E-state index in [0.29, 0.717) is 28.5 Å². The van der Waals surface area contributed by atoms with E-state index in [1.54, 1.807) is 12.1 Å². The van der Waals surface area contributed by atoms with E-state index in [2.05, 4.69) is 10.0 Å². The second-order valence-electron chi connectivity index (χ2n) is 6.50. The summed E-state index contributed by atoms with van der Waals surface area (Å²) in [4.78, 5) is 11.1. The fourth-order valence-electron chi connectivity index (χ4n) is 2.64. The number of hydrogen-bond acceptors (Lipinski definition) is 4. The minimum absolute atomic E-state index is 0.0657. The third-order valence-corrected chi connectivity index (χ3v) is 6.29. The lowest BCUT2D eigenvalue weighted by molar-refractivity contribution is -0.136. The van der Waals surface area contributed by atoms with Gasteiger partial charge in [-0.1, -0.05) is 49.3 Å². The number of aliphatic carboxylic acids is 1. The first kappa shape index (κ1) is 23.3. The number of benzene rings is 2. The van der Waals surface area contributed by atoms with E-state index >= 15 is 0 Å². The van der Waals surface area contributed by atoms with Crippen LogP contribution in [0.15, 0.2) is 53.4 Å². The molecule has 0 unspecified atom stereocenters. The Morgan fingerprint density at radius 1 is 1.14 bits per heavy atom. The molecule has 0 saturated carbocycles. The Balaban J connectivity index is 2.06. The Labute approximate surface area is 181 Å². The molecule has 0 saturated heterocycles. The average Bonchev–Trinajstić information content (AvgIpc) is 2.67. The van der Waals surface area contributed by atoms with Crippen LogP contribution in [0.25, 0.3) is 0 Å². The lowest BCUT2D eigenvalue weighted by atomic mass is 10.1. The maximum absolute atomic E-state index is 12.7. The molecule has 1 atom stereocenters. The molecule has 0 bridgehead atoms. The molecule has 0 radical (unpaired) electrons. The molecule has 0 spiro atoms. The first-order valence-corrected chi connectivity index (χ1v) is 11.4. The van der Waals surface area contributed by atoms with Gasteiger partial charge >= 0.3 is 5.97 Å². The van der Waals surface area contributed by atoms with Gasteiger partial charge in [0.1, 0.15) is 0 Å². The van der Waals surface area contributed by atoms with Crippen molar-refractivity contribution in [2.24, 2.45) is 0 Å². The molecule has 0 heterocycles. The van der Waals surface area contributed by atoms with E-state index in [0.717, 1.165) is 12.0 Å². The summed E-state index contributed by atoms with van der Waals surface area (Å²) in [7, 11) is -3.75. The van der Waals surface area contributed by atoms with Gasteiger partial charge in [-0.25, -0.2) is 13.1 Å². The highest BCUT2D eigenvalue weighted by molar-refractivity contribution is 7.89. The zero-order valence-electron chi connectivity index (χ0n) is 15.9. The third-order valence-electron chi connectivity index (χ3n) is 4.16. The molecule has 29 heavy (non-hydrogen) atoms. The molecular formula is C20H23ClN2O4S2. The molecule has 0 amide bonds. The largest absolute Gasteiger partial charge is 0.481 e. The van der Waals surface area contributed by atoms with Crippen molar-refractivity contribution in [3.8, 4) is 0 Å². The number of carboxylic acid groups (broad SMARTS) is 1. The van der Waals surface area contributed by atoms with Gasteiger partial charge < -0.3 is 10.4 Å². The molecule has 2 aromatic carbocycles. The topological polar surface area (TPSA) is 95.5 Å². The number of thiocarbonyl (C=S) groups is 1. The van der Waals surface area contributed by atoms with Gasteiger partial charge in [0, 0.05) is 17.1 Å². The fraction of sp³-hybridized carbons (Fsp3) is 0.300. The second kappa shape index (κ2) is 10.7. The van der Waals surface area contributed by atoms with E-state index < -0.39 is 22.0 Å². The van der Waals surface area contributed by atoms with Crippen molar-refractivity contribution in [3.05, 3.63) is 59.1 Å². The summed E-state index contributed by atoms with van der Waals surface area (Å²) < 4.78 is 28.0. The van der Waals surface area contributed by atoms with Crippen molar-refractivity contribution in [3.63, 3.8) is 0 Å². The standard InChI is InChI=1S/C20H23ClN2O4S2/c1-2-3-18(23-29(26,27)17-11-7-15(21)8-12-17)20(28)22-16-9-4-14(5-10-16)6-13-19(24)25/h4-5,7-12,18,23H,2-3,6,13H2,1H3,(H,22,28)(H,24,25)/t18-/m0/s1. The van der Waals surface area contributed by atoms with Gasteiger partial charge in [0.15, 0.2) is 0 Å². The second-order valence-corrected chi connectivity index (χ2v) is 9.09. The van der Waals surface area contributed by atoms with Gasteiger partial charge in [-0.3, -0.25) is 4.79 Å². The van der Waals surface area contributed by atoms with E-state index in [1.165, 1.54) is 24.3 Å². The summed E-state index contributed by atoms with van der Waals surface area (Å²) in [5.41, 5.74) is 1.61. The zero-order valence-corrected chi connectivity index (χ0v) is 18.3. The van der Waals surface area contributed by atoms with Crippen LogP contribution < -0.4 is 10.0 Å². The summed E-state index contributed by atoms with van der Waals surface area (Å²) in [5, 5.41) is 12.3. The molecule has 0 aliphatic carbocycles. The van der Waals surface area contributed by atoms with Crippen LogP contribution in [0.2, 0.25) is 5.02 Å². The summed E-state index contributed by atoms with van der Waals surface area (Å²) in [5.74, 6) is -0.844. The first-order chi connectivity index (χ1) is 13.7. The molecular weight excluding hydrogens is 432 g/mol. The van der Waals surface area contributed by atoms with E-state index in [4.69, 9.17) is 28.9 Å². The van der Waals surface area contributed by atoms with Crippen LogP contribution in [-0.4, -0.2) is 30.5 Å². The first-order valence-electron chi connectivity index (χ1n) is 9.10. The van der Waals surface area contributed by atoms with Gasteiger partial charge in [-0.05, 0) is 54.8 Å². The Bertz CT molecular complexity index is 945. The molecule has 3 N–H and O–H groups in total. The number of aryl methyl sites for hydroxylation is 1. The Morgan fingerprint density at radius 3 is 2.31 bits per heavy atom. The van der Waals surface area contributed by atoms with Crippen molar-refractivity contribution < 1.29 is 18.3 Å². The van der Waals surface area contributed by atoms with Crippen molar-refractivity contribution in [1.82, 2.24) is 4.72 Å². The number of hydrogen-bond donors (Lipinski definition) is 3. The van der Waals surface area contributed by atoms with E-state index in [-0.39, 0.29) is 11.3 Å². The summed E-state index contributed by atoms with van der Waals surface area (Å²) in [6, 6.07) is 12.6. The number of rotatable bonds is 10. The van der Waals surface area contributed by atoms with E-state index in [1.807, 2.05) is 19.1 Å². The lowest BCUT2D eigenvalue weighted by Gasteiger charge is -2.20. The summed E-state index contributed by atoms with van der Waals surface area (Å²) in [6.07, 6.45) is 1.79. The Morgan fingerprint density at radius 2 is 1.76 bits per heavy atom. The highest BCUT2D eigenvalue weighted by Gasteiger charge is 2.23. The summed E-state index contributed by atoms with van der Waals surface area (Å²) >= 11 is 11.3. The number of nitrogens with one attached hydrogen (secondary N) is 2. The highest BCUT2D eigenvalue weighted by atomic mass is 35.5. The number of carboxylic acids is 1. The van der Waals surface area contributed by atoms with Crippen molar-refractivity contribution in [2.75, 3.05) is 5.32 Å². The maximum atomic E-state index is 12.7. The van der Waals surface area contributed by atoms with Gasteiger partial charge in [0.05, 0.1) is 15.9 Å².